The van der Waals surface area contributed by atoms with Crippen molar-refractivity contribution in [3.05, 3.63) is 29.6 Å². The normalized spacial score (nSPS) is 15.8. The number of carbonyl (C=O) groups is 1. The fraction of sp³-hybridized carbons (Fsp3) is 0.462. The molecule has 1 aromatic carbocycles. The Morgan fingerprint density at radius 2 is 2.00 bits per heavy atom. The molecule has 1 heterocycles. The summed E-state index contributed by atoms with van der Waals surface area (Å²) in [6.07, 6.45) is 2.80. The lowest BCUT2D eigenvalue weighted by molar-refractivity contribution is 0.142. The molecule has 0 atom stereocenters. The van der Waals surface area contributed by atoms with Gasteiger partial charge in [-0.1, -0.05) is 6.07 Å². The van der Waals surface area contributed by atoms with Crippen LogP contribution in [0.5, 0.6) is 5.75 Å². The molecule has 1 aliphatic heterocycles. The van der Waals surface area contributed by atoms with E-state index in [1.165, 1.54) is 6.07 Å². The second-order valence-electron chi connectivity index (χ2n) is 4.33. The molecular weight excluding hydrogens is 221 g/mol. The highest BCUT2D eigenvalue weighted by Crippen LogP contribution is 2.18. The van der Waals surface area contributed by atoms with Crippen molar-refractivity contribution in [3.63, 3.8) is 0 Å². The minimum Gasteiger partial charge on any atom is -0.410 e. The van der Waals surface area contributed by atoms with Gasteiger partial charge < -0.3 is 9.64 Å². The third-order valence-corrected chi connectivity index (χ3v) is 2.96. The molecule has 2 rings (SSSR count). The molecule has 1 aromatic rings. The molecule has 0 spiro atoms. The lowest BCUT2D eigenvalue weighted by atomic mass is 10.1. The van der Waals surface area contributed by atoms with Gasteiger partial charge in [-0.2, -0.15) is 0 Å². The van der Waals surface area contributed by atoms with Crippen LogP contribution in [-0.4, -0.2) is 24.1 Å². The number of hydrogen-bond donors (Lipinski definition) is 0. The molecular formula is C13H16FNO2. The number of hydrogen-bond acceptors (Lipinski definition) is 2. The third-order valence-electron chi connectivity index (χ3n) is 2.96. The van der Waals surface area contributed by atoms with Gasteiger partial charge in [0.15, 0.2) is 0 Å². The van der Waals surface area contributed by atoms with Crippen LogP contribution in [0, 0.1) is 12.7 Å². The number of carbonyl (C=O) groups excluding carboxylic acids is 1. The quantitative estimate of drug-likeness (QED) is 0.751. The van der Waals surface area contributed by atoms with Crippen molar-refractivity contribution in [2.24, 2.45) is 0 Å². The Bertz CT molecular complexity index is 414. The minimum absolute atomic E-state index is 0.267. The van der Waals surface area contributed by atoms with Crippen LogP contribution in [0.1, 0.15) is 24.8 Å². The van der Waals surface area contributed by atoms with Gasteiger partial charge in [0.25, 0.3) is 0 Å². The lowest BCUT2D eigenvalue weighted by Crippen LogP contribution is -2.37. The van der Waals surface area contributed by atoms with Crippen LogP contribution in [0.25, 0.3) is 0 Å². The number of aryl methyl sites for hydroxylation is 1. The smallest absolute Gasteiger partial charge is 0.410 e. The molecule has 1 amide bonds. The molecule has 4 heteroatoms. The number of piperidine rings is 1. The van der Waals surface area contributed by atoms with Gasteiger partial charge in [0, 0.05) is 19.2 Å². The van der Waals surface area contributed by atoms with Gasteiger partial charge in [0.1, 0.15) is 11.6 Å². The van der Waals surface area contributed by atoms with Gasteiger partial charge in [-0.05, 0) is 37.8 Å². The fourth-order valence-corrected chi connectivity index (χ4v) is 1.88. The van der Waals surface area contributed by atoms with E-state index in [1.54, 1.807) is 24.0 Å². The number of likely N-dealkylation sites (tertiary alicyclic amines) is 1. The van der Waals surface area contributed by atoms with Crippen molar-refractivity contribution in [1.29, 1.82) is 0 Å². The first-order valence-electron chi connectivity index (χ1n) is 5.90. The number of amides is 1. The van der Waals surface area contributed by atoms with E-state index in [-0.39, 0.29) is 17.7 Å². The molecule has 1 saturated heterocycles. The van der Waals surface area contributed by atoms with Gasteiger partial charge in [-0.25, -0.2) is 9.18 Å². The topological polar surface area (TPSA) is 29.5 Å². The van der Waals surface area contributed by atoms with Crippen LogP contribution in [0.2, 0.25) is 0 Å². The molecule has 0 bridgehead atoms. The van der Waals surface area contributed by atoms with E-state index in [2.05, 4.69) is 0 Å². The SMILES string of the molecule is Cc1ccc(OC(=O)N2CCCCC2)cc1F. The van der Waals surface area contributed by atoms with E-state index in [4.69, 9.17) is 4.74 Å². The average Bonchev–Trinajstić information content (AvgIpc) is 2.35. The molecule has 0 saturated carbocycles. The zero-order valence-electron chi connectivity index (χ0n) is 9.91. The number of ether oxygens (including phenoxy) is 1. The van der Waals surface area contributed by atoms with Crippen LogP contribution in [0.4, 0.5) is 9.18 Å². The summed E-state index contributed by atoms with van der Waals surface area (Å²) in [5.41, 5.74) is 0.544. The molecule has 0 unspecified atom stereocenters. The average molecular weight is 237 g/mol. The van der Waals surface area contributed by atoms with Gasteiger partial charge in [-0.3, -0.25) is 0 Å². The van der Waals surface area contributed by atoms with Crippen LogP contribution < -0.4 is 4.74 Å². The van der Waals surface area contributed by atoms with Crippen molar-refractivity contribution in [3.8, 4) is 5.75 Å². The van der Waals surface area contributed by atoms with E-state index >= 15 is 0 Å². The van der Waals surface area contributed by atoms with Gasteiger partial charge in [0.05, 0.1) is 0 Å². The predicted octanol–water partition coefficient (Wildman–Crippen LogP) is 3.12. The molecule has 3 nitrogen and oxygen atoms in total. The predicted molar refractivity (Wildman–Crippen MR) is 62.6 cm³/mol. The van der Waals surface area contributed by atoms with E-state index < -0.39 is 0 Å². The summed E-state index contributed by atoms with van der Waals surface area (Å²) in [7, 11) is 0. The summed E-state index contributed by atoms with van der Waals surface area (Å²) in [4.78, 5) is 13.4. The molecule has 1 fully saturated rings. The standard InChI is InChI=1S/C13H16FNO2/c1-10-5-6-11(9-12(10)14)17-13(16)15-7-3-2-4-8-15/h5-6,9H,2-4,7-8H2,1H3. The Labute approximate surface area is 100 Å². The highest BCUT2D eigenvalue weighted by atomic mass is 19.1. The van der Waals surface area contributed by atoms with Crippen molar-refractivity contribution < 1.29 is 13.9 Å². The van der Waals surface area contributed by atoms with Crippen LogP contribution in [0.3, 0.4) is 0 Å². The Hall–Kier alpha value is -1.58. The van der Waals surface area contributed by atoms with Gasteiger partial charge in [-0.15, -0.1) is 0 Å². The van der Waals surface area contributed by atoms with Crippen LogP contribution >= 0.6 is 0 Å². The molecule has 1 aliphatic rings. The minimum atomic E-state index is -0.382. The Morgan fingerprint density at radius 3 is 2.65 bits per heavy atom. The van der Waals surface area contributed by atoms with Crippen molar-refractivity contribution in [2.75, 3.05) is 13.1 Å². The maximum absolute atomic E-state index is 13.3. The monoisotopic (exact) mass is 237 g/mol. The van der Waals surface area contributed by atoms with E-state index in [1.807, 2.05) is 0 Å². The third kappa shape index (κ3) is 2.96. The number of benzene rings is 1. The van der Waals surface area contributed by atoms with E-state index in [9.17, 15) is 9.18 Å². The second-order valence-corrected chi connectivity index (χ2v) is 4.33. The van der Waals surface area contributed by atoms with Crippen LogP contribution in [0.15, 0.2) is 18.2 Å². The molecule has 0 aliphatic carbocycles. The maximum atomic E-state index is 13.3. The first-order valence-corrected chi connectivity index (χ1v) is 5.90. The van der Waals surface area contributed by atoms with E-state index in [0.29, 0.717) is 5.56 Å². The lowest BCUT2D eigenvalue weighted by Gasteiger charge is -2.25. The maximum Gasteiger partial charge on any atom is 0.415 e. The molecule has 0 aromatic heterocycles. The molecule has 17 heavy (non-hydrogen) atoms. The Morgan fingerprint density at radius 1 is 1.29 bits per heavy atom. The zero-order valence-corrected chi connectivity index (χ0v) is 9.91. The molecule has 0 N–H and O–H groups in total. The van der Waals surface area contributed by atoms with Gasteiger partial charge in [0.2, 0.25) is 0 Å². The number of nitrogens with zero attached hydrogens (tertiary/aromatic N) is 1. The summed E-state index contributed by atoms with van der Waals surface area (Å²) in [6.45, 7) is 3.13. The summed E-state index contributed by atoms with van der Waals surface area (Å²) in [6, 6.07) is 4.46. The molecule has 92 valence electrons. The zero-order chi connectivity index (χ0) is 12.3. The van der Waals surface area contributed by atoms with Gasteiger partial charge >= 0.3 is 6.09 Å². The highest BCUT2D eigenvalue weighted by Gasteiger charge is 2.18. The van der Waals surface area contributed by atoms with E-state index in [0.717, 1.165) is 32.4 Å². The Balaban J connectivity index is 1.99. The summed E-state index contributed by atoms with van der Waals surface area (Å²) in [5.74, 6) is -0.0855. The Kier molecular flexibility index (Phi) is 3.61. The summed E-state index contributed by atoms with van der Waals surface area (Å²) >= 11 is 0. The van der Waals surface area contributed by atoms with Crippen molar-refractivity contribution in [1.82, 2.24) is 4.90 Å². The van der Waals surface area contributed by atoms with Crippen LogP contribution in [-0.2, 0) is 0 Å². The number of rotatable bonds is 1. The highest BCUT2D eigenvalue weighted by molar-refractivity contribution is 5.70. The second kappa shape index (κ2) is 5.17. The summed E-state index contributed by atoms with van der Waals surface area (Å²) in [5, 5.41) is 0. The molecule has 0 radical (unpaired) electrons. The summed E-state index contributed by atoms with van der Waals surface area (Å²) < 4.78 is 18.4. The largest absolute Gasteiger partial charge is 0.415 e. The first kappa shape index (κ1) is 11.9. The van der Waals surface area contributed by atoms with Crippen molar-refractivity contribution in [2.45, 2.75) is 26.2 Å². The first-order chi connectivity index (χ1) is 8.16. The number of halogens is 1. The van der Waals surface area contributed by atoms with Crippen molar-refractivity contribution >= 4 is 6.09 Å². The fourth-order valence-electron chi connectivity index (χ4n) is 1.88.